The second-order valence-electron chi connectivity index (χ2n) is 2.74. The third-order valence-electron chi connectivity index (χ3n) is 1.95. The lowest BCUT2D eigenvalue weighted by Gasteiger charge is -2.12. The molecule has 3 N–H and O–H groups in total. The predicted molar refractivity (Wildman–Crippen MR) is 55.0 cm³/mol. The van der Waals surface area contributed by atoms with Crippen molar-refractivity contribution in [1.29, 1.82) is 0 Å². The molecule has 0 aromatic heterocycles. The van der Waals surface area contributed by atoms with E-state index < -0.39 is 0 Å². The van der Waals surface area contributed by atoms with Crippen molar-refractivity contribution >= 4 is 15.9 Å². The first kappa shape index (κ1) is 10.3. The highest BCUT2D eigenvalue weighted by Gasteiger charge is 2.13. The van der Waals surface area contributed by atoms with E-state index in [1.165, 1.54) is 7.11 Å². The molecule has 3 nitrogen and oxygen atoms in total. The number of phenols is 1. The third-order valence-corrected chi connectivity index (χ3v) is 2.53. The summed E-state index contributed by atoms with van der Waals surface area (Å²) in [5.41, 5.74) is 7.17. The quantitative estimate of drug-likeness (QED) is 0.838. The van der Waals surface area contributed by atoms with Crippen molar-refractivity contribution in [1.82, 2.24) is 0 Å². The Morgan fingerprint density at radius 2 is 2.23 bits per heavy atom. The Kier molecular flexibility index (Phi) is 3.17. The standard InChI is InChI=1S/C9H12BrNO2/c1-5-3-7(10)9(13-2)8(12)6(5)4-11/h3,12H,4,11H2,1-2H3. The Morgan fingerprint density at radius 3 is 2.69 bits per heavy atom. The zero-order chi connectivity index (χ0) is 10.0. The van der Waals surface area contributed by atoms with Crippen molar-refractivity contribution in [3.63, 3.8) is 0 Å². The molecule has 4 heteroatoms. The molecular weight excluding hydrogens is 234 g/mol. The van der Waals surface area contributed by atoms with Gasteiger partial charge in [0, 0.05) is 12.1 Å². The van der Waals surface area contributed by atoms with Crippen molar-refractivity contribution in [2.75, 3.05) is 7.11 Å². The first-order chi connectivity index (χ1) is 6.11. The van der Waals surface area contributed by atoms with E-state index in [9.17, 15) is 5.11 Å². The van der Waals surface area contributed by atoms with Gasteiger partial charge in [0.25, 0.3) is 0 Å². The third kappa shape index (κ3) is 1.78. The fourth-order valence-corrected chi connectivity index (χ4v) is 1.92. The molecule has 0 aliphatic carbocycles. The summed E-state index contributed by atoms with van der Waals surface area (Å²) >= 11 is 3.30. The van der Waals surface area contributed by atoms with Gasteiger partial charge in [-0.2, -0.15) is 0 Å². The normalized spacial score (nSPS) is 10.2. The fraction of sp³-hybridized carbons (Fsp3) is 0.333. The van der Waals surface area contributed by atoms with Crippen molar-refractivity contribution < 1.29 is 9.84 Å². The summed E-state index contributed by atoms with van der Waals surface area (Å²) in [4.78, 5) is 0. The zero-order valence-corrected chi connectivity index (χ0v) is 9.18. The molecule has 13 heavy (non-hydrogen) atoms. The van der Waals surface area contributed by atoms with Crippen LogP contribution in [-0.2, 0) is 6.54 Å². The molecule has 1 aromatic carbocycles. The Labute approximate surface area is 85.6 Å². The van der Waals surface area contributed by atoms with Crippen molar-refractivity contribution in [3.8, 4) is 11.5 Å². The maximum atomic E-state index is 9.72. The van der Waals surface area contributed by atoms with Crippen LogP contribution in [0, 0.1) is 6.92 Å². The molecule has 0 unspecified atom stereocenters. The lowest BCUT2D eigenvalue weighted by atomic mass is 10.1. The van der Waals surface area contributed by atoms with Gasteiger partial charge in [-0.1, -0.05) is 0 Å². The predicted octanol–water partition coefficient (Wildman–Crippen LogP) is 1.93. The van der Waals surface area contributed by atoms with Crippen LogP contribution in [0.1, 0.15) is 11.1 Å². The number of aryl methyl sites for hydroxylation is 1. The molecule has 0 heterocycles. The molecule has 1 rings (SSSR count). The summed E-state index contributed by atoms with van der Waals surface area (Å²) in [5, 5.41) is 9.72. The molecule has 1 aromatic rings. The Bertz CT molecular complexity index is 298. The molecule has 0 bridgehead atoms. The second kappa shape index (κ2) is 3.98. The maximum Gasteiger partial charge on any atom is 0.175 e. The molecule has 72 valence electrons. The summed E-state index contributed by atoms with van der Waals surface area (Å²) in [6, 6.07) is 1.88. The molecule has 0 atom stereocenters. The molecular formula is C9H12BrNO2. The minimum atomic E-state index is 0.122. The summed E-state index contributed by atoms with van der Waals surface area (Å²) in [6.45, 7) is 2.20. The van der Waals surface area contributed by atoms with Crippen molar-refractivity contribution in [3.05, 3.63) is 21.7 Å². The topological polar surface area (TPSA) is 55.5 Å². The number of hydrogen-bond acceptors (Lipinski definition) is 3. The highest BCUT2D eigenvalue weighted by molar-refractivity contribution is 9.10. The van der Waals surface area contributed by atoms with Crippen molar-refractivity contribution in [2.24, 2.45) is 5.73 Å². The Morgan fingerprint density at radius 1 is 1.62 bits per heavy atom. The maximum absolute atomic E-state index is 9.72. The molecule has 0 saturated heterocycles. The van der Waals surface area contributed by atoms with E-state index in [0.29, 0.717) is 12.3 Å². The van der Waals surface area contributed by atoms with Gasteiger partial charge in [-0.15, -0.1) is 0 Å². The van der Waals surface area contributed by atoms with Crippen LogP contribution in [0.5, 0.6) is 11.5 Å². The number of hydrogen-bond donors (Lipinski definition) is 2. The highest BCUT2D eigenvalue weighted by Crippen LogP contribution is 2.38. The largest absolute Gasteiger partial charge is 0.504 e. The number of rotatable bonds is 2. The molecule has 0 fully saturated rings. The van der Waals surface area contributed by atoms with Crippen molar-refractivity contribution in [2.45, 2.75) is 13.5 Å². The minimum absolute atomic E-state index is 0.122. The van der Waals surface area contributed by atoms with Crippen LogP contribution in [0.25, 0.3) is 0 Å². The van der Waals surface area contributed by atoms with Gasteiger partial charge in [-0.05, 0) is 34.5 Å². The van der Waals surface area contributed by atoms with E-state index in [0.717, 1.165) is 15.6 Å². The Hall–Kier alpha value is -0.740. The van der Waals surface area contributed by atoms with Gasteiger partial charge in [0.05, 0.1) is 11.6 Å². The van der Waals surface area contributed by atoms with E-state index >= 15 is 0 Å². The summed E-state index contributed by atoms with van der Waals surface area (Å²) in [6.07, 6.45) is 0. The van der Waals surface area contributed by atoms with Crippen LogP contribution in [-0.4, -0.2) is 12.2 Å². The average Bonchev–Trinajstić information content (AvgIpc) is 2.04. The number of nitrogens with two attached hydrogens (primary N) is 1. The molecule has 0 aliphatic heterocycles. The summed E-state index contributed by atoms with van der Waals surface area (Å²) < 4.78 is 5.76. The van der Waals surface area contributed by atoms with Crippen LogP contribution in [0.15, 0.2) is 10.5 Å². The van der Waals surface area contributed by atoms with Gasteiger partial charge in [-0.3, -0.25) is 0 Å². The first-order valence-electron chi connectivity index (χ1n) is 3.86. The molecule has 0 saturated carbocycles. The lowest BCUT2D eigenvalue weighted by Crippen LogP contribution is -2.01. The molecule has 0 amide bonds. The van der Waals surface area contributed by atoms with Crippen LogP contribution in [0.2, 0.25) is 0 Å². The van der Waals surface area contributed by atoms with Crippen LogP contribution >= 0.6 is 15.9 Å². The minimum Gasteiger partial charge on any atom is -0.504 e. The van der Waals surface area contributed by atoms with Gasteiger partial charge in [0.15, 0.2) is 11.5 Å². The SMILES string of the molecule is COc1c(Br)cc(C)c(CN)c1O. The van der Waals surface area contributed by atoms with Gasteiger partial charge >= 0.3 is 0 Å². The van der Waals surface area contributed by atoms with Gasteiger partial charge < -0.3 is 15.6 Å². The molecule has 0 aliphatic rings. The first-order valence-corrected chi connectivity index (χ1v) is 4.66. The van der Waals surface area contributed by atoms with E-state index in [4.69, 9.17) is 10.5 Å². The number of methoxy groups -OCH3 is 1. The summed E-state index contributed by atoms with van der Waals surface area (Å²) in [5.74, 6) is 0.558. The van der Waals surface area contributed by atoms with E-state index in [2.05, 4.69) is 15.9 Å². The van der Waals surface area contributed by atoms with E-state index in [-0.39, 0.29) is 5.75 Å². The number of phenolic OH excluding ortho intramolecular Hbond substituents is 1. The van der Waals surface area contributed by atoms with E-state index in [1.54, 1.807) is 0 Å². The number of aromatic hydroxyl groups is 1. The number of benzene rings is 1. The zero-order valence-electron chi connectivity index (χ0n) is 7.60. The number of ether oxygens (including phenoxy) is 1. The fourth-order valence-electron chi connectivity index (χ4n) is 1.23. The van der Waals surface area contributed by atoms with Crippen LogP contribution < -0.4 is 10.5 Å². The van der Waals surface area contributed by atoms with Gasteiger partial charge in [-0.25, -0.2) is 0 Å². The van der Waals surface area contributed by atoms with Gasteiger partial charge in [0.1, 0.15) is 0 Å². The second-order valence-corrected chi connectivity index (χ2v) is 3.59. The smallest absolute Gasteiger partial charge is 0.175 e. The average molecular weight is 246 g/mol. The molecule has 0 spiro atoms. The number of halogens is 1. The Balaban J connectivity index is 3.39. The van der Waals surface area contributed by atoms with Crippen LogP contribution in [0.4, 0.5) is 0 Å². The monoisotopic (exact) mass is 245 g/mol. The molecule has 0 radical (unpaired) electrons. The van der Waals surface area contributed by atoms with E-state index in [1.807, 2.05) is 13.0 Å². The lowest BCUT2D eigenvalue weighted by molar-refractivity contribution is 0.368. The van der Waals surface area contributed by atoms with Crippen LogP contribution in [0.3, 0.4) is 0 Å². The highest BCUT2D eigenvalue weighted by atomic mass is 79.9. The van der Waals surface area contributed by atoms with Gasteiger partial charge in [0.2, 0.25) is 0 Å². The summed E-state index contributed by atoms with van der Waals surface area (Å²) in [7, 11) is 1.51.